The molecule has 0 saturated heterocycles. The van der Waals surface area contributed by atoms with Gasteiger partial charge in [0.05, 0.1) is 0 Å². The van der Waals surface area contributed by atoms with Gasteiger partial charge in [-0.05, 0) is 24.3 Å². The molecule has 1 N–H and O–H groups in total. The number of nitrogens with zero attached hydrogens (tertiary/aromatic N) is 2. The van der Waals surface area contributed by atoms with Crippen LogP contribution in [0.2, 0.25) is 0 Å². The number of benzene rings is 2. The van der Waals surface area contributed by atoms with Crippen molar-refractivity contribution in [1.82, 2.24) is 9.97 Å². The molecule has 0 bridgehead atoms. The van der Waals surface area contributed by atoms with Gasteiger partial charge in [-0.1, -0.05) is 37.3 Å². The molecule has 23 heavy (non-hydrogen) atoms. The van der Waals surface area contributed by atoms with Crippen LogP contribution in [0.1, 0.15) is 12.7 Å². The van der Waals surface area contributed by atoms with Gasteiger partial charge in [-0.2, -0.15) is 0 Å². The second kappa shape index (κ2) is 6.26. The SMILES string of the molecule is CCc1nc(Nc2ccccc2)c2oc3ccccc3c2n1.[Cl-]. The van der Waals surface area contributed by atoms with Crippen molar-refractivity contribution in [3.05, 3.63) is 60.4 Å². The van der Waals surface area contributed by atoms with Crippen LogP contribution >= 0.6 is 0 Å². The van der Waals surface area contributed by atoms with Gasteiger partial charge in [0.2, 0.25) is 0 Å². The molecule has 0 saturated carbocycles. The third-order valence-corrected chi connectivity index (χ3v) is 3.62. The summed E-state index contributed by atoms with van der Waals surface area (Å²) in [6.07, 6.45) is 0.777. The van der Waals surface area contributed by atoms with Crippen molar-refractivity contribution in [2.45, 2.75) is 13.3 Å². The zero-order valence-corrected chi connectivity index (χ0v) is 13.3. The standard InChI is InChI=1S/C18H15N3O.ClH/c1-2-15-20-16-13-10-6-7-11-14(13)22-17(16)18(21-15)19-12-8-4-3-5-9-12;/h3-11H,2H2,1H3,(H,19,20,21);1H/p-1. The van der Waals surface area contributed by atoms with Crippen molar-refractivity contribution in [2.75, 3.05) is 5.32 Å². The highest BCUT2D eigenvalue weighted by atomic mass is 35.5. The Morgan fingerprint density at radius 1 is 0.957 bits per heavy atom. The fraction of sp³-hybridized carbons (Fsp3) is 0.111. The van der Waals surface area contributed by atoms with Crippen LogP contribution < -0.4 is 17.7 Å². The molecule has 2 aromatic carbocycles. The van der Waals surface area contributed by atoms with Crippen molar-refractivity contribution in [3.63, 3.8) is 0 Å². The van der Waals surface area contributed by atoms with E-state index < -0.39 is 0 Å². The Labute approximate surface area is 140 Å². The third kappa shape index (κ3) is 2.73. The Hall–Kier alpha value is -2.59. The molecule has 2 aromatic heterocycles. The first-order valence-corrected chi connectivity index (χ1v) is 7.35. The number of para-hydroxylation sites is 2. The third-order valence-electron chi connectivity index (χ3n) is 3.62. The second-order valence-corrected chi connectivity index (χ2v) is 5.11. The first kappa shape index (κ1) is 15.3. The molecule has 0 radical (unpaired) electrons. The van der Waals surface area contributed by atoms with Crippen LogP contribution in [0.15, 0.2) is 59.0 Å². The monoisotopic (exact) mass is 324 g/mol. The number of furan rings is 1. The minimum Gasteiger partial charge on any atom is -1.00 e. The number of hydrogen-bond donors (Lipinski definition) is 1. The van der Waals surface area contributed by atoms with E-state index in [9.17, 15) is 0 Å². The first-order valence-electron chi connectivity index (χ1n) is 7.35. The van der Waals surface area contributed by atoms with Gasteiger partial charge >= 0.3 is 0 Å². The highest BCUT2D eigenvalue weighted by Crippen LogP contribution is 2.32. The van der Waals surface area contributed by atoms with Crippen molar-refractivity contribution >= 4 is 33.6 Å². The van der Waals surface area contributed by atoms with Crippen LogP contribution in [-0.2, 0) is 6.42 Å². The number of fused-ring (bicyclic) bond motifs is 3. The maximum absolute atomic E-state index is 5.97. The summed E-state index contributed by atoms with van der Waals surface area (Å²) in [5.74, 6) is 1.52. The van der Waals surface area contributed by atoms with Gasteiger partial charge in [0.15, 0.2) is 11.4 Å². The summed E-state index contributed by atoms with van der Waals surface area (Å²) in [5, 5.41) is 4.36. The largest absolute Gasteiger partial charge is 1.00 e. The molecule has 0 fully saturated rings. The number of rotatable bonds is 3. The number of nitrogens with one attached hydrogen (secondary N) is 1. The predicted molar refractivity (Wildman–Crippen MR) is 88.4 cm³/mol. The van der Waals surface area contributed by atoms with Crippen LogP contribution in [-0.4, -0.2) is 9.97 Å². The topological polar surface area (TPSA) is 51.0 Å². The van der Waals surface area contributed by atoms with Crippen LogP contribution in [0, 0.1) is 0 Å². The van der Waals surface area contributed by atoms with Crippen LogP contribution in [0.5, 0.6) is 0 Å². The van der Waals surface area contributed by atoms with E-state index in [4.69, 9.17) is 4.42 Å². The molecule has 4 nitrogen and oxygen atoms in total. The van der Waals surface area contributed by atoms with Crippen molar-refractivity contribution in [2.24, 2.45) is 0 Å². The van der Waals surface area contributed by atoms with Crippen molar-refractivity contribution in [3.8, 4) is 0 Å². The molecule has 116 valence electrons. The lowest BCUT2D eigenvalue weighted by Gasteiger charge is -2.07. The van der Waals surface area contributed by atoms with E-state index in [1.807, 2.05) is 54.6 Å². The van der Waals surface area contributed by atoms with E-state index >= 15 is 0 Å². The highest BCUT2D eigenvalue weighted by Gasteiger charge is 2.15. The number of hydrogen-bond acceptors (Lipinski definition) is 4. The number of halogens is 1. The fourth-order valence-electron chi connectivity index (χ4n) is 2.54. The molecule has 4 rings (SSSR count). The Balaban J connectivity index is 0.00000156. The lowest BCUT2D eigenvalue weighted by molar-refractivity contribution is -0.00000495. The molecule has 0 aliphatic carbocycles. The van der Waals surface area contributed by atoms with E-state index in [1.165, 1.54) is 0 Å². The number of anilines is 2. The molecule has 0 amide bonds. The minimum absolute atomic E-state index is 0. The molecule has 0 aliphatic heterocycles. The summed E-state index contributed by atoms with van der Waals surface area (Å²) in [4.78, 5) is 9.23. The Morgan fingerprint density at radius 3 is 2.48 bits per heavy atom. The zero-order valence-electron chi connectivity index (χ0n) is 12.6. The van der Waals surface area contributed by atoms with Gasteiger partial charge < -0.3 is 22.1 Å². The predicted octanol–water partition coefficient (Wildman–Crippen LogP) is 1.69. The van der Waals surface area contributed by atoms with Crippen LogP contribution in [0.3, 0.4) is 0 Å². The van der Waals surface area contributed by atoms with Crippen molar-refractivity contribution in [1.29, 1.82) is 0 Å². The quantitative estimate of drug-likeness (QED) is 0.623. The lowest BCUT2D eigenvalue weighted by Crippen LogP contribution is -3.00. The summed E-state index contributed by atoms with van der Waals surface area (Å²) in [6.45, 7) is 2.05. The minimum atomic E-state index is 0. The van der Waals surface area contributed by atoms with Gasteiger partial charge in [-0.3, -0.25) is 0 Å². The smallest absolute Gasteiger partial charge is 0.196 e. The molecule has 0 spiro atoms. The lowest BCUT2D eigenvalue weighted by atomic mass is 10.2. The molecular weight excluding hydrogens is 310 g/mol. The van der Waals surface area contributed by atoms with E-state index in [-0.39, 0.29) is 12.4 Å². The van der Waals surface area contributed by atoms with E-state index in [1.54, 1.807) is 0 Å². The fourth-order valence-corrected chi connectivity index (χ4v) is 2.54. The number of aromatic nitrogens is 2. The Bertz CT molecular complexity index is 950. The Kier molecular flexibility index (Phi) is 4.17. The number of aryl methyl sites for hydroxylation is 1. The van der Waals surface area contributed by atoms with Gasteiger partial charge in [0.25, 0.3) is 0 Å². The summed E-state index contributed by atoms with van der Waals surface area (Å²) in [6, 6.07) is 17.9. The van der Waals surface area contributed by atoms with Gasteiger partial charge in [0.1, 0.15) is 16.9 Å². The second-order valence-electron chi connectivity index (χ2n) is 5.11. The van der Waals surface area contributed by atoms with E-state index in [0.29, 0.717) is 11.4 Å². The molecule has 5 heteroatoms. The molecule has 2 heterocycles. The van der Waals surface area contributed by atoms with Crippen molar-refractivity contribution < 1.29 is 16.8 Å². The maximum Gasteiger partial charge on any atom is 0.196 e. The summed E-state index contributed by atoms with van der Waals surface area (Å²) in [5.41, 5.74) is 3.37. The van der Waals surface area contributed by atoms with Gasteiger partial charge in [0, 0.05) is 17.5 Å². The highest BCUT2D eigenvalue weighted by molar-refractivity contribution is 6.06. The Morgan fingerprint density at radius 2 is 1.70 bits per heavy atom. The average Bonchev–Trinajstić information content (AvgIpc) is 2.95. The normalized spacial score (nSPS) is 10.7. The van der Waals surface area contributed by atoms with Gasteiger partial charge in [-0.25, -0.2) is 9.97 Å². The zero-order chi connectivity index (χ0) is 14.9. The van der Waals surface area contributed by atoms with E-state index in [2.05, 4.69) is 22.2 Å². The summed E-state index contributed by atoms with van der Waals surface area (Å²) >= 11 is 0. The maximum atomic E-state index is 5.97. The molecule has 0 unspecified atom stereocenters. The molecule has 0 atom stereocenters. The summed E-state index contributed by atoms with van der Waals surface area (Å²) < 4.78 is 5.97. The molecular formula is C18H15ClN3O-. The van der Waals surface area contributed by atoms with Gasteiger partial charge in [-0.15, -0.1) is 0 Å². The first-order chi connectivity index (χ1) is 10.8. The molecule has 4 aromatic rings. The van der Waals surface area contributed by atoms with E-state index in [0.717, 1.165) is 34.4 Å². The molecule has 0 aliphatic rings. The summed E-state index contributed by atoms with van der Waals surface area (Å²) in [7, 11) is 0. The van der Waals surface area contributed by atoms with Crippen LogP contribution in [0.4, 0.5) is 11.5 Å². The van der Waals surface area contributed by atoms with Crippen LogP contribution in [0.25, 0.3) is 22.1 Å². The average molecular weight is 325 g/mol.